The molecule has 18 heavy (non-hydrogen) atoms. The third-order valence-electron chi connectivity index (χ3n) is 3.21. The molecule has 0 aromatic heterocycles. The smallest absolute Gasteiger partial charge is 0.234 e. The van der Waals surface area contributed by atoms with Crippen molar-refractivity contribution < 1.29 is 9.59 Å². The van der Waals surface area contributed by atoms with Crippen LogP contribution >= 0.6 is 0 Å². The highest BCUT2D eigenvalue weighted by Crippen LogP contribution is 2.25. The van der Waals surface area contributed by atoms with E-state index in [0.717, 1.165) is 12.8 Å². The molecule has 0 heterocycles. The van der Waals surface area contributed by atoms with E-state index in [-0.39, 0.29) is 18.2 Å². The van der Waals surface area contributed by atoms with Gasteiger partial charge in [0.1, 0.15) is 6.42 Å². The molecular weight excluding hydrogens is 230 g/mol. The number of carbonyl (C=O) groups excluding carboxylic acids is 2. The first-order chi connectivity index (χ1) is 8.72. The van der Waals surface area contributed by atoms with E-state index in [9.17, 15) is 9.59 Å². The lowest BCUT2D eigenvalue weighted by Gasteiger charge is -2.20. The van der Waals surface area contributed by atoms with Crippen molar-refractivity contribution in [1.29, 1.82) is 5.26 Å². The van der Waals surface area contributed by atoms with Crippen LogP contribution in [0.1, 0.15) is 44.9 Å². The summed E-state index contributed by atoms with van der Waals surface area (Å²) >= 11 is 0. The van der Waals surface area contributed by atoms with Crippen molar-refractivity contribution in [2.45, 2.75) is 44.9 Å². The molecule has 5 heteroatoms. The van der Waals surface area contributed by atoms with Crippen molar-refractivity contribution in [2.24, 2.45) is 5.92 Å². The highest BCUT2D eigenvalue weighted by molar-refractivity contribution is 5.78. The molecule has 1 saturated carbocycles. The maximum Gasteiger partial charge on any atom is 0.234 e. The van der Waals surface area contributed by atoms with Crippen LogP contribution < -0.4 is 10.6 Å². The standard InChI is InChI=1S/C13H21N3O2/c14-7-6-12(17)15-8-9-16-13(18)10-11-4-2-1-3-5-11/h11H,1-6,8-10H2,(H,15,17)(H,16,18). The fourth-order valence-electron chi connectivity index (χ4n) is 2.26. The van der Waals surface area contributed by atoms with E-state index >= 15 is 0 Å². The lowest BCUT2D eigenvalue weighted by molar-refractivity contribution is -0.123. The molecule has 2 N–H and O–H groups in total. The van der Waals surface area contributed by atoms with E-state index in [0.29, 0.717) is 25.4 Å². The summed E-state index contributed by atoms with van der Waals surface area (Å²) in [6, 6.07) is 1.77. The van der Waals surface area contributed by atoms with Gasteiger partial charge in [-0.1, -0.05) is 19.3 Å². The van der Waals surface area contributed by atoms with Crippen molar-refractivity contribution in [1.82, 2.24) is 10.6 Å². The van der Waals surface area contributed by atoms with Gasteiger partial charge >= 0.3 is 0 Å². The van der Waals surface area contributed by atoms with Gasteiger partial charge in [0.05, 0.1) is 6.07 Å². The zero-order chi connectivity index (χ0) is 13.2. The van der Waals surface area contributed by atoms with Crippen molar-refractivity contribution in [3.8, 4) is 6.07 Å². The van der Waals surface area contributed by atoms with Crippen LogP contribution in [0.2, 0.25) is 0 Å². The summed E-state index contributed by atoms with van der Waals surface area (Å²) < 4.78 is 0. The van der Waals surface area contributed by atoms with Gasteiger partial charge in [-0.2, -0.15) is 5.26 Å². The first-order valence-corrected chi connectivity index (χ1v) is 6.62. The molecule has 0 aromatic rings. The summed E-state index contributed by atoms with van der Waals surface area (Å²) in [6.07, 6.45) is 6.56. The average molecular weight is 251 g/mol. The van der Waals surface area contributed by atoms with Gasteiger partial charge in [0.15, 0.2) is 0 Å². The zero-order valence-corrected chi connectivity index (χ0v) is 10.7. The molecule has 0 atom stereocenters. The van der Waals surface area contributed by atoms with Gasteiger partial charge in [-0.05, 0) is 18.8 Å². The summed E-state index contributed by atoms with van der Waals surface area (Å²) in [5, 5.41) is 13.6. The Kier molecular flexibility index (Phi) is 6.85. The van der Waals surface area contributed by atoms with Gasteiger partial charge in [-0.3, -0.25) is 9.59 Å². The fourth-order valence-corrected chi connectivity index (χ4v) is 2.26. The molecule has 1 rings (SSSR count). The highest BCUT2D eigenvalue weighted by atomic mass is 16.2. The number of hydrogen-bond acceptors (Lipinski definition) is 3. The molecular formula is C13H21N3O2. The van der Waals surface area contributed by atoms with Gasteiger partial charge < -0.3 is 10.6 Å². The maximum absolute atomic E-state index is 11.6. The predicted molar refractivity (Wildman–Crippen MR) is 67.4 cm³/mol. The second kappa shape index (κ2) is 8.51. The largest absolute Gasteiger partial charge is 0.354 e. The summed E-state index contributed by atoms with van der Waals surface area (Å²) in [5.74, 6) is 0.308. The van der Waals surface area contributed by atoms with E-state index < -0.39 is 0 Å². The van der Waals surface area contributed by atoms with Crippen LogP contribution in [0.3, 0.4) is 0 Å². The van der Waals surface area contributed by atoms with Crippen molar-refractivity contribution in [3.63, 3.8) is 0 Å². The Morgan fingerprint density at radius 2 is 1.67 bits per heavy atom. The Labute approximate surface area is 108 Å². The van der Waals surface area contributed by atoms with Crippen LogP contribution in [-0.4, -0.2) is 24.9 Å². The second-order valence-corrected chi connectivity index (χ2v) is 4.74. The number of amides is 2. The molecule has 0 radical (unpaired) electrons. The first kappa shape index (κ1) is 14.5. The van der Waals surface area contributed by atoms with Gasteiger partial charge in [-0.15, -0.1) is 0 Å². The molecule has 0 saturated heterocycles. The minimum atomic E-state index is -0.293. The minimum Gasteiger partial charge on any atom is -0.354 e. The molecule has 0 bridgehead atoms. The summed E-state index contributed by atoms with van der Waals surface area (Å²) in [7, 11) is 0. The fraction of sp³-hybridized carbons (Fsp3) is 0.769. The molecule has 0 aliphatic heterocycles. The molecule has 0 aromatic carbocycles. The van der Waals surface area contributed by atoms with Gasteiger partial charge in [0, 0.05) is 19.5 Å². The zero-order valence-electron chi connectivity index (χ0n) is 10.7. The number of nitriles is 1. The summed E-state index contributed by atoms with van der Waals surface area (Å²) in [5.41, 5.74) is 0. The Morgan fingerprint density at radius 3 is 2.28 bits per heavy atom. The Balaban J connectivity index is 2.03. The van der Waals surface area contributed by atoms with Crippen LogP contribution in [0.25, 0.3) is 0 Å². The quantitative estimate of drug-likeness (QED) is 0.694. The van der Waals surface area contributed by atoms with E-state index in [1.807, 2.05) is 0 Å². The van der Waals surface area contributed by atoms with E-state index in [1.54, 1.807) is 6.07 Å². The van der Waals surface area contributed by atoms with E-state index in [1.165, 1.54) is 19.3 Å². The monoisotopic (exact) mass is 251 g/mol. The van der Waals surface area contributed by atoms with E-state index in [2.05, 4.69) is 10.6 Å². The Hall–Kier alpha value is -1.57. The van der Waals surface area contributed by atoms with Crippen LogP contribution in [-0.2, 0) is 9.59 Å². The van der Waals surface area contributed by atoms with Gasteiger partial charge in [0.25, 0.3) is 0 Å². The van der Waals surface area contributed by atoms with Crippen LogP contribution in [0.15, 0.2) is 0 Å². The molecule has 2 amide bonds. The lowest BCUT2D eigenvalue weighted by Crippen LogP contribution is -2.35. The SMILES string of the molecule is N#CCC(=O)NCCNC(=O)CC1CCCCC1. The predicted octanol–water partition coefficient (Wildman–Crippen LogP) is 1.10. The van der Waals surface area contributed by atoms with E-state index in [4.69, 9.17) is 5.26 Å². The van der Waals surface area contributed by atoms with Gasteiger partial charge in [-0.25, -0.2) is 0 Å². The maximum atomic E-state index is 11.6. The van der Waals surface area contributed by atoms with Crippen LogP contribution in [0.4, 0.5) is 0 Å². The molecule has 0 unspecified atom stereocenters. The van der Waals surface area contributed by atoms with Gasteiger partial charge in [0.2, 0.25) is 11.8 Å². The number of hydrogen-bond donors (Lipinski definition) is 2. The number of carbonyl (C=O) groups is 2. The van der Waals surface area contributed by atoms with Crippen LogP contribution in [0, 0.1) is 17.2 Å². The first-order valence-electron chi connectivity index (χ1n) is 6.62. The number of nitrogens with one attached hydrogen (secondary N) is 2. The van der Waals surface area contributed by atoms with Crippen LogP contribution in [0.5, 0.6) is 0 Å². The molecule has 0 spiro atoms. The molecule has 1 fully saturated rings. The Morgan fingerprint density at radius 1 is 1.06 bits per heavy atom. The minimum absolute atomic E-state index is 0.0661. The number of nitrogens with zero attached hydrogens (tertiary/aromatic N) is 1. The Bertz CT molecular complexity index is 317. The summed E-state index contributed by atoms with van der Waals surface area (Å²) in [4.78, 5) is 22.6. The molecule has 5 nitrogen and oxygen atoms in total. The normalized spacial score (nSPS) is 15.7. The molecule has 1 aliphatic carbocycles. The lowest BCUT2D eigenvalue weighted by atomic mass is 9.87. The second-order valence-electron chi connectivity index (χ2n) is 4.74. The highest BCUT2D eigenvalue weighted by Gasteiger charge is 2.16. The van der Waals surface area contributed by atoms with Crippen molar-refractivity contribution >= 4 is 11.8 Å². The van der Waals surface area contributed by atoms with Crippen molar-refractivity contribution in [2.75, 3.05) is 13.1 Å². The third kappa shape index (κ3) is 6.24. The molecule has 1 aliphatic rings. The number of rotatable bonds is 6. The average Bonchev–Trinajstić information content (AvgIpc) is 2.36. The van der Waals surface area contributed by atoms with Crippen molar-refractivity contribution in [3.05, 3.63) is 0 Å². The summed E-state index contributed by atoms with van der Waals surface area (Å²) in [6.45, 7) is 0.819. The molecule has 100 valence electrons. The third-order valence-corrected chi connectivity index (χ3v) is 3.21. The topological polar surface area (TPSA) is 82.0 Å².